The van der Waals surface area contributed by atoms with E-state index in [0.29, 0.717) is 0 Å². The fourth-order valence-electron chi connectivity index (χ4n) is 5.43. The number of hydrogen-bond donors (Lipinski definition) is 0. The third kappa shape index (κ3) is 3.32. The molecular weight excluding hydrogens is 458 g/mol. The summed E-state index contributed by atoms with van der Waals surface area (Å²) in [5.41, 5.74) is 8.26. The van der Waals surface area contributed by atoms with E-state index in [9.17, 15) is 0 Å². The summed E-state index contributed by atoms with van der Waals surface area (Å²) >= 11 is 6.32. The summed E-state index contributed by atoms with van der Waals surface area (Å²) in [6, 6.07) is 47.4. The van der Waals surface area contributed by atoms with Gasteiger partial charge in [0.05, 0.1) is 16.7 Å². The number of fused-ring (bicyclic) bond motifs is 4. The Morgan fingerprint density at radius 1 is 0.444 bits per heavy atom. The van der Waals surface area contributed by atoms with Crippen molar-refractivity contribution >= 4 is 44.2 Å². The van der Waals surface area contributed by atoms with E-state index in [4.69, 9.17) is 11.6 Å². The summed E-state index contributed by atoms with van der Waals surface area (Å²) in [7, 11) is 0. The van der Waals surface area contributed by atoms with Crippen LogP contribution in [-0.2, 0) is 0 Å². The molecule has 36 heavy (non-hydrogen) atoms. The van der Waals surface area contributed by atoms with Crippen LogP contribution in [0.4, 0.5) is 0 Å². The van der Waals surface area contributed by atoms with E-state index in [2.05, 4.69) is 120 Å². The maximum atomic E-state index is 6.32. The molecule has 7 rings (SSSR count). The lowest BCUT2D eigenvalue weighted by Gasteiger charge is -2.18. The number of hydrogen-bond acceptors (Lipinski definition) is 0. The van der Waals surface area contributed by atoms with E-state index < -0.39 is 0 Å². The first-order chi connectivity index (χ1) is 17.8. The molecule has 0 fully saturated rings. The van der Waals surface area contributed by atoms with Crippen molar-refractivity contribution in [1.82, 2.24) is 4.57 Å². The van der Waals surface area contributed by atoms with Crippen molar-refractivity contribution in [2.45, 2.75) is 0 Å². The SMILES string of the molecule is Clc1cccc(-c2cccc(-c3ccc4ccccc4c3-n3c4ccccc4c4ccccc43)c2)c1. The summed E-state index contributed by atoms with van der Waals surface area (Å²) in [5.74, 6) is 0. The average molecular weight is 480 g/mol. The van der Waals surface area contributed by atoms with Crippen molar-refractivity contribution in [3.8, 4) is 27.9 Å². The van der Waals surface area contributed by atoms with E-state index in [1.165, 1.54) is 49.4 Å². The van der Waals surface area contributed by atoms with Crippen LogP contribution in [0.5, 0.6) is 0 Å². The van der Waals surface area contributed by atoms with E-state index in [-0.39, 0.29) is 0 Å². The Morgan fingerprint density at radius 2 is 1.03 bits per heavy atom. The van der Waals surface area contributed by atoms with Gasteiger partial charge >= 0.3 is 0 Å². The van der Waals surface area contributed by atoms with E-state index in [0.717, 1.165) is 16.1 Å². The Labute approximate surface area is 214 Å². The fraction of sp³-hybridized carbons (Fsp3) is 0. The van der Waals surface area contributed by atoms with Crippen LogP contribution in [0, 0.1) is 0 Å². The van der Waals surface area contributed by atoms with Crippen molar-refractivity contribution in [2.75, 3.05) is 0 Å². The maximum Gasteiger partial charge on any atom is 0.0618 e. The predicted octanol–water partition coefficient (Wildman–Crippen LogP) is 9.92. The van der Waals surface area contributed by atoms with Gasteiger partial charge in [-0.3, -0.25) is 0 Å². The molecule has 7 aromatic rings. The molecule has 0 saturated carbocycles. The monoisotopic (exact) mass is 479 g/mol. The lowest BCUT2D eigenvalue weighted by atomic mass is 9.95. The molecule has 0 N–H and O–H groups in total. The standard InChI is InChI=1S/C34H22ClN/c35-27-13-8-11-25(22-27)24-10-7-12-26(21-24)29-20-19-23-9-1-2-14-28(23)34(29)36-32-17-5-3-15-30(32)31-16-4-6-18-33(31)36/h1-22H. The van der Waals surface area contributed by atoms with Crippen molar-refractivity contribution in [2.24, 2.45) is 0 Å². The van der Waals surface area contributed by atoms with Gasteiger partial charge < -0.3 is 4.57 Å². The summed E-state index contributed by atoms with van der Waals surface area (Å²) in [4.78, 5) is 0. The summed E-state index contributed by atoms with van der Waals surface area (Å²) < 4.78 is 2.44. The highest BCUT2D eigenvalue weighted by Gasteiger charge is 2.18. The highest BCUT2D eigenvalue weighted by Crippen LogP contribution is 2.40. The Morgan fingerprint density at radius 3 is 1.75 bits per heavy atom. The molecule has 1 aromatic heterocycles. The zero-order valence-electron chi connectivity index (χ0n) is 19.5. The van der Waals surface area contributed by atoms with E-state index in [1.807, 2.05) is 18.2 Å². The van der Waals surface area contributed by atoms with Crippen LogP contribution in [0.25, 0.3) is 60.5 Å². The number of aromatic nitrogens is 1. The summed E-state index contributed by atoms with van der Waals surface area (Å²) in [6.45, 7) is 0. The minimum Gasteiger partial charge on any atom is -0.308 e. The summed E-state index contributed by atoms with van der Waals surface area (Å²) in [5, 5.41) is 5.73. The second-order valence-corrected chi connectivity index (χ2v) is 9.58. The van der Waals surface area contributed by atoms with Gasteiger partial charge in [0, 0.05) is 26.7 Å². The number of halogens is 1. The molecular formula is C34H22ClN. The van der Waals surface area contributed by atoms with Gasteiger partial charge in [-0.15, -0.1) is 0 Å². The van der Waals surface area contributed by atoms with Gasteiger partial charge in [0.25, 0.3) is 0 Å². The first kappa shape index (κ1) is 21.0. The largest absolute Gasteiger partial charge is 0.308 e. The Kier molecular flexibility index (Phi) is 4.90. The molecule has 0 bridgehead atoms. The molecule has 0 amide bonds. The smallest absolute Gasteiger partial charge is 0.0618 e. The predicted molar refractivity (Wildman–Crippen MR) is 154 cm³/mol. The lowest BCUT2D eigenvalue weighted by molar-refractivity contribution is 1.20. The van der Waals surface area contributed by atoms with E-state index >= 15 is 0 Å². The van der Waals surface area contributed by atoms with Crippen molar-refractivity contribution in [1.29, 1.82) is 0 Å². The lowest BCUT2D eigenvalue weighted by Crippen LogP contribution is -1.99. The van der Waals surface area contributed by atoms with Crippen LogP contribution >= 0.6 is 11.6 Å². The molecule has 1 nitrogen and oxygen atoms in total. The van der Waals surface area contributed by atoms with Crippen LogP contribution in [0.15, 0.2) is 133 Å². The quantitative estimate of drug-likeness (QED) is 0.237. The van der Waals surface area contributed by atoms with Gasteiger partial charge in [-0.05, 0) is 52.4 Å². The molecule has 170 valence electrons. The Balaban J connectivity index is 1.58. The number of nitrogens with zero attached hydrogens (tertiary/aromatic N) is 1. The van der Waals surface area contributed by atoms with Gasteiger partial charge in [0.1, 0.15) is 0 Å². The molecule has 0 radical (unpaired) electrons. The molecule has 0 atom stereocenters. The molecule has 1 heterocycles. The van der Waals surface area contributed by atoms with E-state index in [1.54, 1.807) is 0 Å². The molecule has 0 aliphatic carbocycles. The second kappa shape index (κ2) is 8.41. The van der Waals surface area contributed by atoms with Crippen LogP contribution < -0.4 is 0 Å². The zero-order chi connectivity index (χ0) is 24.1. The average Bonchev–Trinajstić information content (AvgIpc) is 3.27. The molecule has 0 aliphatic rings. The number of benzene rings is 6. The van der Waals surface area contributed by atoms with Gasteiger partial charge in [-0.2, -0.15) is 0 Å². The highest BCUT2D eigenvalue weighted by molar-refractivity contribution is 6.30. The van der Waals surface area contributed by atoms with Gasteiger partial charge in [-0.1, -0.05) is 115 Å². The molecule has 0 unspecified atom stereocenters. The van der Waals surface area contributed by atoms with Crippen molar-refractivity contribution in [3.63, 3.8) is 0 Å². The second-order valence-electron chi connectivity index (χ2n) is 9.14. The minimum atomic E-state index is 0.745. The third-order valence-corrected chi connectivity index (χ3v) is 7.27. The van der Waals surface area contributed by atoms with Gasteiger partial charge in [0.15, 0.2) is 0 Å². The molecule has 6 aromatic carbocycles. The topological polar surface area (TPSA) is 4.93 Å². The minimum absolute atomic E-state index is 0.745. The van der Waals surface area contributed by atoms with Crippen LogP contribution in [0.1, 0.15) is 0 Å². The first-order valence-electron chi connectivity index (χ1n) is 12.1. The van der Waals surface area contributed by atoms with Crippen LogP contribution in [-0.4, -0.2) is 4.57 Å². The number of rotatable bonds is 3. The zero-order valence-corrected chi connectivity index (χ0v) is 20.3. The normalized spacial score (nSPS) is 11.5. The highest BCUT2D eigenvalue weighted by atomic mass is 35.5. The van der Waals surface area contributed by atoms with Gasteiger partial charge in [-0.25, -0.2) is 0 Å². The summed E-state index contributed by atoms with van der Waals surface area (Å²) in [6.07, 6.45) is 0. The van der Waals surface area contributed by atoms with Gasteiger partial charge in [0.2, 0.25) is 0 Å². The molecule has 0 saturated heterocycles. The van der Waals surface area contributed by atoms with Crippen molar-refractivity contribution < 1.29 is 0 Å². The molecule has 2 heteroatoms. The van der Waals surface area contributed by atoms with Crippen LogP contribution in [0.3, 0.4) is 0 Å². The fourth-order valence-corrected chi connectivity index (χ4v) is 5.62. The first-order valence-corrected chi connectivity index (χ1v) is 12.5. The molecule has 0 aliphatic heterocycles. The van der Waals surface area contributed by atoms with Crippen LogP contribution in [0.2, 0.25) is 5.02 Å². The number of para-hydroxylation sites is 2. The Bertz CT molecular complexity index is 1860. The Hall–Kier alpha value is -4.33. The maximum absolute atomic E-state index is 6.32. The molecule has 0 spiro atoms. The third-order valence-electron chi connectivity index (χ3n) is 7.04. The van der Waals surface area contributed by atoms with Crippen molar-refractivity contribution in [3.05, 3.63) is 138 Å².